The maximum Gasteiger partial charge on any atom is 0.273 e. The molecule has 2 aromatic heterocycles. The molecule has 0 radical (unpaired) electrons. The van der Waals surface area contributed by atoms with Crippen molar-refractivity contribution in [1.29, 1.82) is 0 Å². The van der Waals surface area contributed by atoms with Crippen molar-refractivity contribution in [3.63, 3.8) is 0 Å². The number of hydrogen-bond donors (Lipinski definition) is 1. The van der Waals surface area contributed by atoms with Crippen LogP contribution >= 0.6 is 27.5 Å². The van der Waals surface area contributed by atoms with Crippen molar-refractivity contribution in [2.75, 3.05) is 6.54 Å². The van der Waals surface area contributed by atoms with Crippen molar-refractivity contribution < 1.29 is 9.59 Å². The van der Waals surface area contributed by atoms with Crippen LogP contribution in [-0.4, -0.2) is 32.3 Å². The number of aromatic nitrogens is 3. The third kappa shape index (κ3) is 3.30. The van der Waals surface area contributed by atoms with E-state index in [1.807, 2.05) is 0 Å². The third-order valence-corrected chi connectivity index (χ3v) is 3.31. The standard InChI is InChI=1S/C11H10BrClN4O2/c12-8-9(11(19)15-4-1-3-7(13)18)16-17-6-2-5-14-10(8)17/h2,5-6H,1,3-4H2,(H,15,19). The van der Waals surface area contributed by atoms with Crippen molar-refractivity contribution in [3.05, 3.63) is 28.6 Å². The summed E-state index contributed by atoms with van der Waals surface area (Å²) in [6.07, 6.45) is 4.05. The Morgan fingerprint density at radius 3 is 2.95 bits per heavy atom. The first kappa shape index (κ1) is 14.0. The quantitative estimate of drug-likeness (QED) is 0.662. The van der Waals surface area contributed by atoms with Crippen molar-refractivity contribution in [2.45, 2.75) is 12.8 Å². The second-order valence-corrected chi connectivity index (χ2v) is 4.98. The molecule has 0 bridgehead atoms. The number of nitrogens with zero attached hydrogens (tertiary/aromatic N) is 3. The lowest BCUT2D eigenvalue weighted by Crippen LogP contribution is -2.25. The minimum Gasteiger partial charge on any atom is -0.351 e. The van der Waals surface area contributed by atoms with E-state index in [1.165, 1.54) is 4.52 Å². The Hall–Kier alpha value is -1.47. The van der Waals surface area contributed by atoms with E-state index in [-0.39, 0.29) is 18.0 Å². The maximum atomic E-state index is 11.9. The van der Waals surface area contributed by atoms with Crippen LogP contribution in [0, 0.1) is 0 Å². The first-order valence-electron chi connectivity index (χ1n) is 5.55. The van der Waals surface area contributed by atoms with Gasteiger partial charge in [0.25, 0.3) is 5.91 Å². The summed E-state index contributed by atoms with van der Waals surface area (Å²) >= 11 is 8.51. The SMILES string of the molecule is O=C(Cl)CCCNC(=O)c1nn2cccnc2c1Br. The average Bonchev–Trinajstić information content (AvgIpc) is 2.72. The van der Waals surface area contributed by atoms with Crippen LogP contribution in [0.4, 0.5) is 0 Å². The molecule has 0 fully saturated rings. The zero-order valence-electron chi connectivity index (χ0n) is 9.77. The highest BCUT2D eigenvalue weighted by Crippen LogP contribution is 2.20. The summed E-state index contributed by atoms with van der Waals surface area (Å²) in [5.41, 5.74) is 0.833. The van der Waals surface area contributed by atoms with E-state index in [1.54, 1.807) is 18.5 Å². The van der Waals surface area contributed by atoms with Crippen molar-refractivity contribution in [1.82, 2.24) is 19.9 Å². The lowest BCUT2D eigenvalue weighted by molar-refractivity contribution is -0.111. The summed E-state index contributed by atoms with van der Waals surface area (Å²) in [6, 6.07) is 1.72. The monoisotopic (exact) mass is 344 g/mol. The first-order chi connectivity index (χ1) is 9.09. The Morgan fingerprint density at radius 2 is 2.26 bits per heavy atom. The molecule has 0 aromatic carbocycles. The minimum absolute atomic E-state index is 0.232. The number of rotatable bonds is 5. The van der Waals surface area contributed by atoms with Crippen LogP contribution in [0.15, 0.2) is 22.9 Å². The molecule has 1 amide bonds. The van der Waals surface area contributed by atoms with Gasteiger partial charge >= 0.3 is 0 Å². The molecule has 0 unspecified atom stereocenters. The van der Waals surface area contributed by atoms with Gasteiger partial charge in [0, 0.05) is 25.4 Å². The summed E-state index contributed by atoms with van der Waals surface area (Å²) in [5.74, 6) is -0.320. The molecule has 0 atom stereocenters. The molecular formula is C11H10BrClN4O2. The van der Waals surface area contributed by atoms with E-state index < -0.39 is 5.24 Å². The van der Waals surface area contributed by atoms with Gasteiger partial charge in [0.2, 0.25) is 5.24 Å². The summed E-state index contributed by atoms with van der Waals surface area (Å²) < 4.78 is 2.06. The number of carbonyl (C=O) groups is 2. The fraction of sp³-hybridized carbons (Fsp3) is 0.273. The van der Waals surface area contributed by atoms with Crippen molar-refractivity contribution in [3.8, 4) is 0 Å². The van der Waals surface area contributed by atoms with Gasteiger partial charge in [-0.3, -0.25) is 9.59 Å². The minimum atomic E-state index is -0.410. The largest absolute Gasteiger partial charge is 0.351 e. The first-order valence-corrected chi connectivity index (χ1v) is 6.72. The molecule has 0 aliphatic rings. The second-order valence-electron chi connectivity index (χ2n) is 3.77. The van der Waals surface area contributed by atoms with Gasteiger partial charge in [0.1, 0.15) is 0 Å². The molecule has 0 aliphatic carbocycles. The van der Waals surface area contributed by atoms with Gasteiger partial charge in [-0.2, -0.15) is 5.10 Å². The van der Waals surface area contributed by atoms with Gasteiger partial charge in [0.05, 0.1) is 4.47 Å². The molecule has 0 aliphatic heterocycles. The summed E-state index contributed by atoms with van der Waals surface area (Å²) in [6.45, 7) is 0.366. The van der Waals surface area contributed by atoms with Gasteiger partial charge < -0.3 is 5.32 Å². The lowest BCUT2D eigenvalue weighted by Gasteiger charge is -2.01. The molecule has 0 saturated carbocycles. The van der Waals surface area contributed by atoms with E-state index in [0.717, 1.165) is 0 Å². The highest BCUT2D eigenvalue weighted by atomic mass is 79.9. The van der Waals surface area contributed by atoms with Crippen molar-refractivity contribution >= 4 is 44.3 Å². The van der Waals surface area contributed by atoms with Gasteiger partial charge in [-0.15, -0.1) is 0 Å². The molecule has 1 N–H and O–H groups in total. The zero-order chi connectivity index (χ0) is 13.8. The fourth-order valence-corrected chi connectivity index (χ4v) is 2.19. The van der Waals surface area contributed by atoms with E-state index in [0.29, 0.717) is 23.1 Å². The van der Waals surface area contributed by atoms with Crippen molar-refractivity contribution in [2.24, 2.45) is 0 Å². The maximum absolute atomic E-state index is 11.9. The number of halogens is 2. The number of amides is 1. The van der Waals surface area contributed by atoms with Gasteiger partial charge in [-0.25, -0.2) is 9.50 Å². The molecule has 2 rings (SSSR count). The second kappa shape index (κ2) is 6.12. The van der Waals surface area contributed by atoms with E-state index >= 15 is 0 Å². The fourth-order valence-electron chi connectivity index (χ4n) is 1.52. The molecule has 8 heteroatoms. The predicted octanol–water partition coefficient (Wildman–Crippen LogP) is 1.77. The number of carbonyl (C=O) groups excluding carboxylic acids is 2. The van der Waals surface area contributed by atoms with Crippen LogP contribution in [0.5, 0.6) is 0 Å². The van der Waals surface area contributed by atoms with E-state index in [2.05, 4.69) is 31.3 Å². The Labute approximate surface area is 122 Å². The summed E-state index contributed by atoms with van der Waals surface area (Å²) in [5, 5.41) is 6.39. The highest BCUT2D eigenvalue weighted by Gasteiger charge is 2.17. The van der Waals surface area contributed by atoms with Crippen LogP contribution in [0.1, 0.15) is 23.3 Å². The Morgan fingerprint density at radius 1 is 1.47 bits per heavy atom. The zero-order valence-corrected chi connectivity index (χ0v) is 12.1. The lowest BCUT2D eigenvalue weighted by atomic mass is 10.3. The van der Waals surface area contributed by atoms with Gasteiger partial charge in [-0.1, -0.05) is 0 Å². The number of fused-ring (bicyclic) bond motifs is 1. The molecule has 0 saturated heterocycles. The Kier molecular flexibility index (Phi) is 4.49. The van der Waals surface area contributed by atoms with Crippen LogP contribution < -0.4 is 5.32 Å². The van der Waals surface area contributed by atoms with E-state index in [4.69, 9.17) is 11.6 Å². The normalized spacial score (nSPS) is 10.6. The molecule has 0 spiro atoms. The Balaban J connectivity index is 2.05. The Bertz CT molecular complexity index is 628. The topological polar surface area (TPSA) is 76.4 Å². The average molecular weight is 346 g/mol. The molecule has 100 valence electrons. The highest BCUT2D eigenvalue weighted by molar-refractivity contribution is 9.10. The molecule has 19 heavy (non-hydrogen) atoms. The molecular weight excluding hydrogens is 336 g/mol. The number of nitrogens with one attached hydrogen (secondary N) is 1. The smallest absolute Gasteiger partial charge is 0.273 e. The van der Waals surface area contributed by atoms with E-state index in [9.17, 15) is 9.59 Å². The summed E-state index contributed by atoms with van der Waals surface area (Å²) in [4.78, 5) is 26.6. The molecule has 2 heterocycles. The van der Waals surface area contributed by atoms with Crippen LogP contribution in [0.3, 0.4) is 0 Å². The predicted molar refractivity (Wildman–Crippen MR) is 73.1 cm³/mol. The summed E-state index contributed by atoms with van der Waals surface area (Å²) in [7, 11) is 0. The van der Waals surface area contributed by atoms with Crippen LogP contribution in [0.2, 0.25) is 0 Å². The van der Waals surface area contributed by atoms with Crippen LogP contribution in [0.25, 0.3) is 5.65 Å². The third-order valence-electron chi connectivity index (χ3n) is 2.39. The number of hydrogen-bond acceptors (Lipinski definition) is 4. The molecule has 6 nitrogen and oxygen atoms in total. The molecule has 2 aromatic rings. The van der Waals surface area contributed by atoms with Gasteiger partial charge in [-0.05, 0) is 40.0 Å². The van der Waals surface area contributed by atoms with Crippen LogP contribution in [-0.2, 0) is 4.79 Å². The van der Waals surface area contributed by atoms with Gasteiger partial charge in [0.15, 0.2) is 11.3 Å².